The number of hydrogen-bond acceptors (Lipinski definition) is 1. The molecule has 2 aromatic rings. The number of aliphatic hydroxyl groups is 1. The van der Waals surface area contributed by atoms with Crippen LogP contribution in [-0.4, -0.2) is 11.2 Å². The molecular formula is C19H20Cl2O. The molecule has 1 saturated carbocycles. The van der Waals surface area contributed by atoms with Crippen LogP contribution in [0, 0.1) is 5.92 Å². The summed E-state index contributed by atoms with van der Waals surface area (Å²) in [6, 6.07) is 15.6. The summed E-state index contributed by atoms with van der Waals surface area (Å²) < 4.78 is 0. The minimum atomic E-state index is -0.371. The van der Waals surface area contributed by atoms with E-state index in [2.05, 4.69) is 0 Å². The first-order valence-corrected chi connectivity index (χ1v) is 8.60. The maximum absolute atomic E-state index is 11.0. The van der Waals surface area contributed by atoms with Gasteiger partial charge in [0.05, 0.1) is 6.10 Å². The highest BCUT2D eigenvalue weighted by Gasteiger charge is 2.31. The normalized spacial score (nSPS) is 17.1. The first-order valence-electron chi connectivity index (χ1n) is 7.84. The highest BCUT2D eigenvalue weighted by Crippen LogP contribution is 2.38. The molecule has 0 bridgehead atoms. The van der Waals surface area contributed by atoms with E-state index in [9.17, 15) is 5.11 Å². The van der Waals surface area contributed by atoms with Crippen molar-refractivity contribution in [1.82, 2.24) is 0 Å². The molecule has 1 nitrogen and oxygen atoms in total. The van der Waals surface area contributed by atoms with E-state index in [1.807, 2.05) is 48.5 Å². The maximum atomic E-state index is 11.0. The van der Waals surface area contributed by atoms with E-state index in [1.165, 1.54) is 12.8 Å². The van der Waals surface area contributed by atoms with Gasteiger partial charge in [0.1, 0.15) is 0 Å². The van der Waals surface area contributed by atoms with Gasteiger partial charge in [-0.05, 0) is 54.2 Å². The molecule has 0 spiro atoms. The molecule has 1 N–H and O–H groups in total. The van der Waals surface area contributed by atoms with Crippen molar-refractivity contribution < 1.29 is 5.11 Å². The minimum Gasteiger partial charge on any atom is -0.392 e. The zero-order valence-corrected chi connectivity index (χ0v) is 13.9. The van der Waals surface area contributed by atoms with E-state index in [1.54, 1.807) is 0 Å². The second kappa shape index (κ2) is 7.04. The molecule has 1 atom stereocenters. The first-order chi connectivity index (χ1) is 10.6. The number of halogens is 2. The predicted molar refractivity (Wildman–Crippen MR) is 92.7 cm³/mol. The average Bonchev–Trinajstić information content (AvgIpc) is 3.05. The van der Waals surface area contributed by atoms with E-state index in [0.717, 1.165) is 24.0 Å². The number of rotatable bonds is 4. The lowest BCUT2D eigenvalue weighted by molar-refractivity contribution is 0.0945. The average molecular weight is 335 g/mol. The lowest BCUT2D eigenvalue weighted by Crippen LogP contribution is -2.27. The minimum absolute atomic E-state index is 0.0300. The Balaban J connectivity index is 1.97. The van der Waals surface area contributed by atoms with Crippen LogP contribution < -0.4 is 0 Å². The highest BCUT2D eigenvalue weighted by atomic mass is 35.5. The topological polar surface area (TPSA) is 20.2 Å². The Labute approximate surface area is 141 Å². The lowest BCUT2D eigenvalue weighted by Gasteiger charge is -2.28. The Kier molecular flexibility index (Phi) is 5.07. The monoisotopic (exact) mass is 334 g/mol. The summed E-state index contributed by atoms with van der Waals surface area (Å²) in [4.78, 5) is 0. The second-order valence-corrected chi connectivity index (χ2v) is 6.99. The van der Waals surface area contributed by atoms with Gasteiger partial charge in [0.25, 0.3) is 0 Å². The molecule has 0 saturated heterocycles. The van der Waals surface area contributed by atoms with Crippen molar-refractivity contribution in [2.45, 2.75) is 37.7 Å². The summed E-state index contributed by atoms with van der Waals surface area (Å²) in [7, 11) is 0. The Bertz CT molecular complexity index is 555. The van der Waals surface area contributed by atoms with Gasteiger partial charge in [0.2, 0.25) is 0 Å². The smallest absolute Gasteiger partial charge is 0.0677 e. The maximum Gasteiger partial charge on any atom is 0.0677 e. The molecule has 0 amide bonds. The van der Waals surface area contributed by atoms with Crippen LogP contribution in [0.25, 0.3) is 0 Å². The van der Waals surface area contributed by atoms with Crippen LogP contribution in [0.15, 0.2) is 48.5 Å². The molecule has 0 aromatic heterocycles. The molecule has 0 aliphatic heterocycles. The van der Waals surface area contributed by atoms with Crippen molar-refractivity contribution in [2.75, 3.05) is 0 Å². The molecule has 1 fully saturated rings. The predicted octanol–water partition coefficient (Wildman–Crippen LogP) is 5.68. The van der Waals surface area contributed by atoms with Crippen LogP contribution in [-0.2, 0) is 0 Å². The summed E-state index contributed by atoms with van der Waals surface area (Å²) in [6.07, 6.45) is 4.29. The molecule has 0 heterocycles. The molecule has 22 heavy (non-hydrogen) atoms. The van der Waals surface area contributed by atoms with Crippen molar-refractivity contribution in [3.8, 4) is 0 Å². The Morgan fingerprint density at radius 2 is 1.18 bits per heavy atom. The Morgan fingerprint density at radius 3 is 1.59 bits per heavy atom. The van der Waals surface area contributed by atoms with Crippen molar-refractivity contribution in [3.05, 3.63) is 69.7 Å². The van der Waals surface area contributed by atoms with E-state index < -0.39 is 0 Å². The van der Waals surface area contributed by atoms with E-state index in [-0.39, 0.29) is 12.0 Å². The van der Waals surface area contributed by atoms with Gasteiger partial charge >= 0.3 is 0 Å². The van der Waals surface area contributed by atoms with Gasteiger partial charge in [-0.3, -0.25) is 0 Å². The van der Waals surface area contributed by atoms with Gasteiger partial charge in [-0.2, -0.15) is 0 Å². The third kappa shape index (κ3) is 3.48. The molecule has 0 radical (unpaired) electrons. The number of benzene rings is 2. The van der Waals surface area contributed by atoms with Crippen molar-refractivity contribution in [3.63, 3.8) is 0 Å². The van der Waals surface area contributed by atoms with Gasteiger partial charge in [0.15, 0.2) is 0 Å². The van der Waals surface area contributed by atoms with Gasteiger partial charge < -0.3 is 5.11 Å². The van der Waals surface area contributed by atoms with Gasteiger partial charge in [-0.25, -0.2) is 0 Å². The zero-order chi connectivity index (χ0) is 15.5. The quantitative estimate of drug-likeness (QED) is 0.762. The SMILES string of the molecule is O[C@@H](C1CCCC1)C(c1ccc(Cl)cc1)c1ccc(Cl)cc1. The fourth-order valence-corrected chi connectivity index (χ4v) is 3.75. The van der Waals surface area contributed by atoms with E-state index >= 15 is 0 Å². The molecule has 0 unspecified atom stereocenters. The summed E-state index contributed by atoms with van der Waals surface area (Å²) in [6.45, 7) is 0. The number of aliphatic hydroxyl groups excluding tert-OH is 1. The molecule has 1 aliphatic carbocycles. The third-order valence-corrected chi connectivity index (χ3v) is 5.19. The molecule has 2 aromatic carbocycles. The fourth-order valence-electron chi connectivity index (χ4n) is 3.50. The standard InChI is InChI=1S/C19H20Cl2O/c20-16-9-5-13(6-10-16)18(14-7-11-17(21)12-8-14)19(22)15-3-1-2-4-15/h5-12,15,18-19,22H,1-4H2/t19-/m0/s1. The van der Waals surface area contributed by atoms with Crippen LogP contribution in [0.2, 0.25) is 10.0 Å². The van der Waals surface area contributed by atoms with E-state index in [0.29, 0.717) is 16.0 Å². The van der Waals surface area contributed by atoms with Crippen LogP contribution in [0.5, 0.6) is 0 Å². The first kappa shape index (κ1) is 15.9. The molecule has 3 heteroatoms. The lowest BCUT2D eigenvalue weighted by atomic mass is 9.80. The van der Waals surface area contributed by atoms with Crippen molar-refractivity contribution in [2.24, 2.45) is 5.92 Å². The molecular weight excluding hydrogens is 315 g/mol. The molecule has 3 rings (SSSR count). The van der Waals surface area contributed by atoms with Crippen molar-refractivity contribution >= 4 is 23.2 Å². The Hall–Kier alpha value is -1.02. The fraction of sp³-hybridized carbons (Fsp3) is 0.368. The van der Waals surface area contributed by atoms with E-state index in [4.69, 9.17) is 23.2 Å². The summed E-state index contributed by atoms with van der Waals surface area (Å²) >= 11 is 12.0. The molecule has 116 valence electrons. The Morgan fingerprint density at radius 1 is 0.773 bits per heavy atom. The third-order valence-electron chi connectivity index (χ3n) is 4.68. The van der Waals surface area contributed by atoms with Crippen LogP contribution in [0.4, 0.5) is 0 Å². The van der Waals surface area contributed by atoms with Gasteiger partial charge in [-0.15, -0.1) is 0 Å². The van der Waals surface area contributed by atoms with Crippen LogP contribution >= 0.6 is 23.2 Å². The van der Waals surface area contributed by atoms with Crippen LogP contribution in [0.3, 0.4) is 0 Å². The number of hydrogen-bond donors (Lipinski definition) is 1. The second-order valence-electron chi connectivity index (χ2n) is 6.12. The van der Waals surface area contributed by atoms with Crippen molar-refractivity contribution in [1.29, 1.82) is 0 Å². The summed E-state index contributed by atoms with van der Waals surface area (Å²) in [5.74, 6) is 0.342. The van der Waals surface area contributed by atoms with Gasteiger partial charge in [0, 0.05) is 16.0 Å². The van der Waals surface area contributed by atoms with Gasteiger partial charge in [-0.1, -0.05) is 60.3 Å². The summed E-state index contributed by atoms with van der Waals surface area (Å²) in [5, 5.41) is 12.4. The van der Waals surface area contributed by atoms with Crippen LogP contribution in [0.1, 0.15) is 42.7 Å². The summed E-state index contributed by atoms with van der Waals surface area (Å²) in [5.41, 5.74) is 2.21. The zero-order valence-electron chi connectivity index (χ0n) is 12.4. The highest BCUT2D eigenvalue weighted by molar-refractivity contribution is 6.30. The largest absolute Gasteiger partial charge is 0.392 e. The molecule has 1 aliphatic rings.